The van der Waals surface area contributed by atoms with Crippen LogP contribution in [0.15, 0.2) is 42.6 Å². The van der Waals surface area contributed by atoms with Gasteiger partial charge in [0.25, 0.3) is 0 Å². The summed E-state index contributed by atoms with van der Waals surface area (Å²) in [6.07, 6.45) is 1.85. The van der Waals surface area contributed by atoms with Gasteiger partial charge in [-0.05, 0) is 36.8 Å². The van der Waals surface area contributed by atoms with Crippen molar-refractivity contribution in [3.8, 4) is 0 Å². The topological polar surface area (TPSA) is 31.2 Å². The van der Waals surface area contributed by atoms with E-state index in [2.05, 4.69) is 0 Å². The Kier molecular flexibility index (Phi) is 4.05. The van der Waals surface area contributed by atoms with Crippen molar-refractivity contribution in [1.82, 2.24) is 4.57 Å². The van der Waals surface area contributed by atoms with E-state index in [1.54, 1.807) is 13.0 Å². The smallest absolute Gasteiger partial charge is 0.354 e. The van der Waals surface area contributed by atoms with Gasteiger partial charge in [0.05, 0.1) is 6.61 Å². The third-order valence-corrected chi connectivity index (χ3v) is 2.79. The summed E-state index contributed by atoms with van der Waals surface area (Å²) in [7, 11) is 0. The first-order valence-corrected chi connectivity index (χ1v) is 6.15. The van der Waals surface area contributed by atoms with Crippen LogP contribution in [0.3, 0.4) is 0 Å². The molecule has 0 radical (unpaired) electrons. The fourth-order valence-electron chi connectivity index (χ4n) is 1.77. The summed E-state index contributed by atoms with van der Waals surface area (Å²) in [5.41, 5.74) is 1.60. The molecular formula is C14H14ClNO2. The van der Waals surface area contributed by atoms with E-state index in [1.165, 1.54) is 0 Å². The molecule has 0 aliphatic heterocycles. The standard InChI is InChI=1S/C14H14ClNO2/c1-2-18-14(17)13-7-4-8-16(13)10-11-5-3-6-12(15)9-11/h3-9H,2,10H2,1H3. The van der Waals surface area contributed by atoms with Gasteiger partial charge in [-0.1, -0.05) is 23.7 Å². The second-order valence-electron chi connectivity index (χ2n) is 3.87. The second kappa shape index (κ2) is 5.74. The second-order valence-corrected chi connectivity index (χ2v) is 4.31. The van der Waals surface area contributed by atoms with Crippen LogP contribution in [0.4, 0.5) is 0 Å². The number of rotatable bonds is 4. The zero-order valence-corrected chi connectivity index (χ0v) is 10.9. The van der Waals surface area contributed by atoms with E-state index in [-0.39, 0.29) is 5.97 Å². The quantitative estimate of drug-likeness (QED) is 0.792. The highest BCUT2D eigenvalue weighted by Gasteiger charge is 2.11. The number of benzene rings is 1. The third kappa shape index (κ3) is 2.93. The molecule has 0 atom stereocenters. The van der Waals surface area contributed by atoms with Crippen LogP contribution < -0.4 is 0 Å². The average Bonchev–Trinajstić information content (AvgIpc) is 2.77. The Bertz CT molecular complexity index is 548. The van der Waals surface area contributed by atoms with Gasteiger partial charge in [-0.15, -0.1) is 0 Å². The number of hydrogen-bond acceptors (Lipinski definition) is 2. The molecule has 0 bridgehead atoms. The third-order valence-electron chi connectivity index (χ3n) is 2.56. The number of esters is 1. The average molecular weight is 264 g/mol. The van der Waals surface area contributed by atoms with E-state index in [0.717, 1.165) is 5.56 Å². The Hall–Kier alpha value is -1.74. The van der Waals surface area contributed by atoms with Crippen LogP contribution >= 0.6 is 11.6 Å². The lowest BCUT2D eigenvalue weighted by atomic mass is 10.2. The van der Waals surface area contributed by atoms with Crippen molar-refractivity contribution < 1.29 is 9.53 Å². The molecular weight excluding hydrogens is 250 g/mol. The Balaban J connectivity index is 2.20. The lowest BCUT2D eigenvalue weighted by molar-refractivity contribution is 0.0514. The van der Waals surface area contributed by atoms with E-state index < -0.39 is 0 Å². The molecule has 18 heavy (non-hydrogen) atoms. The fraction of sp³-hybridized carbons (Fsp3) is 0.214. The molecule has 0 aliphatic rings. The summed E-state index contributed by atoms with van der Waals surface area (Å²) in [5, 5.41) is 0.692. The number of carbonyl (C=O) groups excluding carboxylic acids is 1. The maximum absolute atomic E-state index is 11.7. The number of nitrogens with zero attached hydrogens (tertiary/aromatic N) is 1. The molecule has 0 fully saturated rings. The Morgan fingerprint density at radius 1 is 1.33 bits per heavy atom. The summed E-state index contributed by atoms with van der Waals surface area (Å²) < 4.78 is 6.85. The van der Waals surface area contributed by atoms with E-state index >= 15 is 0 Å². The van der Waals surface area contributed by atoms with E-state index in [9.17, 15) is 4.79 Å². The highest BCUT2D eigenvalue weighted by atomic mass is 35.5. The van der Waals surface area contributed by atoms with Gasteiger partial charge >= 0.3 is 5.97 Å². The SMILES string of the molecule is CCOC(=O)c1cccn1Cc1cccc(Cl)c1. The van der Waals surface area contributed by atoms with Gasteiger partial charge in [0.2, 0.25) is 0 Å². The highest BCUT2D eigenvalue weighted by molar-refractivity contribution is 6.30. The van der Waals surface area contributed by atoms with Crippen molar-refractivity contribution in [2.24, 2.45) is 0 Å². The van der Waals surface area contributed by atoms with Gasteiger partial charge in [-0.3, -0.25) is 0 Å². The molecule has 4 heteroatoms. The molecule has 1 heterocycles. The molecule has 0 amide bonds. The summed E-state index contributed by atoms with van der Waals surface area (Å²) in [6, 6.07) is 11.2. The lowest BCUT2D eigenvalue weighted by Gasteiger charge is -2.08. The number of halogens is 1. The van der Waals surface area contributed by atoms with E-state index in [0.29, 0.717) is 23.9 Å². The first-order valence-electron chi connectivity index (χ1n) is 5.77. The van der Waals surface area contributed by atoms with Gasteiger partial charge in [-0.2, -0.15) is 0 Å². The minimum absolute atomic E-state index is 0.301. The minimum atomic E-state index is -0.301. The molecule has 1 aromatic heterocycles. The first-order chi connectivity index (χ1) is 8.70. The van der Waals surface area contributed by atoms with Crippen molar-refractivity contribution in [3.63, 3.8) is 0 Å². The molecule has 1 aromatic carbocycles. The zero-order valence-electron chi connectivity index (χ0n) is 10.1. The van der Waals surface area contributed by atoms with Crippen LogP contribution in [0.1, 0.15) is 23.0 Å². The molecule has 0 aliphatic carbocycles. The largest absolute Gasteiger partial charge is 0.461 e. The van der Waals surface area contributed by atoms with Crippen LogP contribution in [-0.4, -0.2) is 17.1 Å². The predicted octanol–water partition coefficient (Wildman–Crippen LogP) is 3.37. The molecule has 2 aromatic rings. The maximum atomic E-state index is 11.7. The molecule has 0 unspecified atom stereocenters. The molecule has 0 spiro atoms. The van der Waals surface area contributed by atoms with Crippen molar-refractivity contribution in [2.75, 3.05) is 6.61 Å². The Morgan fingerprint density at radius 3 is 2.89 bits per heavy atom. The van der Waals surface area contributed by atoms with E-state index in [4.69, 9.17) is 16.3 Å². The number of hydrogen-bond donors (Lipinski definition) is 0. The van der Waals surface area contributed by atoms with Crippen molar-refractivity contribution in [2.45, 2.75) is 13.5 Å². The predicted molar refractivity (Wildman–Crippen MR) is 70.9 cm³/mol. The van der Waals surface area contributed by atoms with Gasteiger partial charge in [0.15, 0.2) is 0 Å². The van der Waals surface area contributed by atoms with Crippen LogP contribution in [-0.2, 0) is 11.3 Å². The van der Waals surface area contributed by atoms with Gasteiger partial charge in [0, 0.05) is 17.8 Å². The zero-order chi connectivity index (χ0) is 13.0. The van der Waals surface area contributed by atoms with Crippen molar-refractivity contribution in [3.05, 3.63) is 58.9 Å². The van der Waals surface area contributed by atoms with Crippen molar-refractivity contribution >= 4 is 17.6 Å². The first kappa shape index (κ1) is 12.7. The fourth-order valence-corrected chi connectivity index (χ4v) is 1.99. The highest BCUT2D eigenvalue weighted by Crippen LogP contribution is 2.14. The Labute approximate surface area is 111 Å². The minimum Gasteiger partial charge on any atom is -0.461 e. The lowest BCUT2D eigenvalue weighted by Crippen LogP contribution is -2.12. The van der Waals surface area contributed by atoms with Crippen LogP contribution in [0.2, 0.25) is 5.02 Å². The molecule has 3 nitrogen and oxygen atoms in total. The van der Waals surface area contributed by atoms with Crippen LogP contribution in [0.25, 0.3) is 0 Å². The summed E-state index contributed by atoms with van der Waals surface area (Å²) in [5.74, 6) is -0.301. The van der Waals surface area contributed by atoms with Gasteiger partial charge < -0.3 is 9.30 Å². The molecule has 0 saturated carbocycles. The monoisotopic (exact) mass is 263 g/mol. The van der Waals surface area contributed by atoms with Crippen LogP contribution in [0, 0.1) is 0 Å². The summed E-state index contributed by atoms with van der Waals surface area (Å²) >= 11 is 5.94. The molecule has 0 saturated heterocycles. The van der Waals surface area contributed by atoms with Gasteiger partial charge in [-0.25, -0.2) is 4.79 Å². The number of ether oxygens (including phenoxy) is 1. The van der Waals surface area contributed by atoms with E-state index in [1.807, 2.05) is 41.1 Å². The van der Waals surface area contributed by atoms with Gasteiger partial charge in [0.1, 0.15) is 5.69 Å². The summed E-state index contributed by atoms with van der Waals surface area (Å²) in [4.78, 5) is 11.7. The normalized spacial score (nSPS) is 10.3. The maximum Gasteiger partial charge on any atom is 0.354 e. The number of carbonyl (C=O) groups is 1. The molecule has 94 valence electrons. The summed E-state index contributed by atoms with van der Waals surface area (Å²) in [6.45, 7) is 2.77. The van der Waals surface area contributed by atoms with Crippen molar-refractivity contribution in [1.29, 1.82) is 0 Å². The van der Waals surface area contributed by atoms with Crippen LogP contribution in [0.5, 0.6) is 0 Å². The molecule has 0 N–H and O–H groups in total. The Morgan fingerprint density at radius 2 is 2.17 bits per heavy atom. The number of aromatic nitrogens is 1. The molecule has 2 rings (SSSR count).